The second kappa shape index (κ2) is 8.01. The number of esters is 1. The molecule has 0 heterocycles. The second-order valence-electron chi connectivity index (χ2n) is 2.90. The van der Waals surface area contributed by atoms with E-state index in [-0.39, 0.29) is 18.6 Å². The average Bonchev–Trinajstić information content (AvgIpc) is 2.14. The summed E-state index contributed by atoms with van der Waals surface area (Å²) in [6.07, 6.45) is 2.08. The lowest BCUT2D eigenvalue weighted by atomic mass is 10.2. The van der Waals surface area contributed by atoms with Gasteiger partial charge in [-0.15, -0.1) is 0 Å². The van der Waals surface area contributed by atoms with Gasteiger partial charge in [-0.25, -0.2) is 0 Å². The summed E-state index contributed by atoms with van der Waals surface area (Å²) in [5.74, 6) is -0.239. The van der Waals surface area contributed by atoms with Gasteiger partial charge in [-0.05, 0) is 6.42 Å². The van der Waals surface area contributed by atoms with E-state index in [1.54, 1.807) is 7.11 Å². The van der Waals surface area contributed by atoms with Crippen LogP contribution in [-0.2, 0) is 14.3 Å². The lowest BCUT2D eigenvalue weighted by Gasteiger charge is -2.15. The number of carbonyl (C=O) groups is 1. The molecule has 0 saturated carbocycles. The van der Waals surface area contributed by atoms with Crippen molar-refractivity contribution in [2.24, 2.45) is 0 Å². The Bertz CT molecular complexity index is 133. The first-order chi connectivity index (χ1) is 6.24. The van der Waals surface area contributed by atoms with Gasteiger partial charge in [0, 0.05) is 13.2 Å². The fourth-order valence-electron chi connectivity index (χ4n) is 1.09. The summed E-state index contributed by atoms with van der Waals surface area (Å²) in [5, 5.41) is 3.07. The maximum atomic E-state index is 10.8. The molecule has 4 heteroatoms. The summed E-state index contributed by atoms with van der Waals surface area (Å²) in [6, 6.07) is 0.245. The monoisotopic (exact) mass is 189 g/mol. The summed E-state index contributed by atoms with van der Waals surface area (Å²) < 4.78 is 9.52. The minimum Gasteiger partial charge on any atom is -0.468 e. The van der Waals surface area contributed by atoms with Crippen molar-refractivity contribution in [1.82, 2.24) is 5.32 Å². The number of ether oxygens (including phenoxy) is 2. The number of methoxy groups -OCH3 is 2. The zero-order chi connectivity index (χ0) is 10.1. The van der Waals surface area contributed by atoms with Crippen molar-refractivity contribution in [2.75, 3.05) is 27.4 Å². The molecule has 1 atom stereocenters. The van der Waals surface area contributed by atoms with Gasteiger partial charge < -0.3 is 14.8 Å². The van der Waals surface area contributed by atoms with Crippen LogP contribution in [0, 0.1) is 0 Å². The SMILES string of the molecule is CCCC(COC)NCC(=O)OC. The van der Waals surface area contributed by atoms with Gasteiger partial charge >= 0.3 is 5.97 Å². The number of nitrogens with one attached hydrogen (secondary N) is 1. The molecule has 1 N–H and O–H groups in total. The second-order valence-corrected chi connectivity index (χ2v) is 2.90. The molecule has 0 saturated heterocycles. The maximum Gasteiger partial charge on any atom is 0.319 e. The summed E-state index contributed by atoms with van der Waals surface area (Å²) in [4.78, 5) is 10.8. The third-order valence-electron chi connectivity index (χ3n) is 1.77. The van der Waals surface area contributed by atoms with Gasteiger partial charge in [0.2, 0.25) is 0 Å². The van der Waals surface area contributed by atoms with Gasteiger partial charge in [-0.3, -0.25) is 4.79 Å². The number of rotatable bonds is 7. The normalized spacial score (nSPS) is 12.5. The van der Waals surface area contributed by atoms with Crippen molar-refractivity contribution >= 4 is 5.97 Å². The van der Waals surface area contributed by atoms with E-state index in [0.29, 0.717) is 6.61 Å². The summed E-state index contributed by atoms with van der Waals surface area (Å²) in [6.45, 7) is 2.98. The van der Waals surface area contributed by atoms with E-state index in [0.717, 1.165) is 12.8 Å². The van der Waals surface area contributed by atoms with Crippen LogP contribution < -0.4 is 5.32 Å². The minimum atomic E-state index is -0.239. The molecule has 4 nitrogen and oxygen atoms in total. The molecule has 0 fully saturated rings. The summed E-state index contributed by atoms with van der Waals surface area (Å²) in [7, 11) is 3.04. The zero-order valence-corrected chi connectivity index (χ0v) is 8.63. The maximum absolute atomic E-state index is 10.8. The lowest BCUT2D eigenvalue weighted by molar-refractivity contribution is -0.139. The number of hydrogen-bond acceptors (Lipinski definition) is 4. The highest BCUT2D eigenvalue weighted by Gasteiger charge is 2.08. The van der Waals surface area contributed by atoms with E-state index in [1.807, 2.05) is 0 Å². The molecule has 1 unspecified atom stereocenters. The highest BCUT2D eigenvalue weighted by Crippen LogP contribution is 1.96. The molecule has 0 spiro atoms. The smallest absolute Gasteiger partial charge is 0.319 e. The average molecular weight is 189 g/mol. The van der Waals surface area contributed by atoms with Gasteiger partial charge in [0.25, 0.3) is 0 Å². The van der Waals surface area contributed by atoms with Gasteiger partial charge in [-0.2, -0.15) is 0 Å². The topological polar surface area (TPSA) is 47.6 Å². The Morgan fingerprint density at radius 1 is 1.46 bits per heavy atom. The van der Waals surface area contributed by atoms with E-state index < -0.39 is 0 Å². The molecule has 0 radical (unpaired) electrons. The Balaban J connectivity index is 3.61. The van der Waals surface area contributed by atoms with Crippen molar-refractivity contribution in [3.63, 3.8) is 0 Å². The predicted octanol–water partition coefficient (Wildman–Crippen LogP) is 0.564. The van der Waals surface area contributed by atoms with Crippen LogP contribution in [0.15, 0.2) is 0 Å². The molecule has 0 aromatic heterocycles. The quantitative estimate of drug-likeness (QED) is 0.595. The van der Waals surface area contributed by atoms with Gasteiger partial charge in [0.1, 0.15) is 0 Å². The van der Waals surface area contributed by atoms with E-state index in [4.69, 9.17) is 4.74 Å². The first kappa shape index (κ1) is 12.4. The highest BCUT2D eigenvalue weighted by atomic mass is 16.5. The first-order valence-corrected chi connectivity index (χ1v) is 4.53. The minimum absolute atomic E-state index is 0.239. The van der Waals surface area contributed by atoms with Crippen molar-refractivity contribution in [3.8, 4) is 0 Å². The molecule has 0 amide bonds. The molecule has 0 aliphatic carbocycles. The molecule has 13 heavy (non-hydrogen) atoms. The van der Waals surface area contributed by atoms with E-state index in [9.17, 15) is 4.79 Å². The van der Waals surface area contributed by atoms with Crippen molar-refractivity contribution < 1.29 is 14.3 Å². The van der Waals surface area contributed by atoms with Gasteiger partial charge in [-0.1, -0.05) is 13.3 Å². The summed E-state index contributed by atoms with van der Waals surface area (Å²) in [5.41, 5.74) is 0. The fourth-order valence-corrected chi connectivity index (χ4v) is 1.09. The van der Waals surface area contributed by atoms with Crippen LogP contribution in [-0.4, -0.2) is 39.4 Å². The molecule has 78 valence electrons. The fraction of sp³-hybridized carbons (Fsp3) is 0.889. The number of carbonyl (C=O) groups excluding carboxylic acids is 1. The largest absolute Gasteiger partial charge is 0.468 e. The first-order valence-electron chi connectivity index (χ1n) is 4.53. The third-order valence-corrected chi connectivity index (χ3v) is 1.77. The Kier molecular flexibility index (Phi) is 7.63. The molecule has 0 rings (SSSR count). The van der Waals surface area contributed by atoms with Crippen LogP contribution >= 0.6 is 0 Å². The molecule has 0 aliphatic heterocycles. The Labute approximate surface area is 79.6 Å². The lowest BCUT2D eigenvalue weighted by Crippen LogP contribution is -2.37. The Morgan fingerprint density at radius 2 is 2.15 bits per heavy atom. The van der Waals surface area contributed by atoms with Crippen LogP contribution in [0.2, 0.25) is 0 Å². The highest BCUT2D eigenvalue weighted by molar-refractivity contribution is 5.71. The molecule has 0 bridgehead atoms. The molecular formula is C9H19NO3. The Hall–Kier alpha value is -0.610. The standard InChI is InChI=1S/C9H19NO3/c1-4-5-8(7-12-2)10-6-9(11)13-3/h8,10H,4-7H2,1-3H3. The van der Waals surface area contributed by atoms with Crippen LogP contribution in [0.25, 0.3) is 0 Å². The molecular weight excluding hydrogens is 170 g/mol. The van der Waals surface area contributed by atoms with Crippen molar-refractivity contribution in [1.29, 1.82) is 0 Å². The third kappa shape index (κ3) is 6.54. The van der Waals surface area contributed by atoms with Crippen LogP contribution in [0.1, 0.15) is 19.8 Å². The number of hydrogen-bond donors (Lipinski definition) is 1. The molecule has 0 aromatic rings. The van der Waals surface area contributed by atoms with Crippen molar-refractivity contribution in [3.05, 3.63) is 0 Å². The molecule has 0 aromatic carbocycles. The van der Waals surface area contributed by atoms with Crippen molar-refractivity contribution in [2.45, 2.75) is 25.8 Å². The van der Waals surface area contributed by atoms with E-state index in [1.165, 1.54) is 7.11 Å². The predicted molar refractivity (Wildman–Crippen MR) is 50.6 cm³/mol. The Morgan fingerprint density at radius 3 is 2.62 bits per heavy atom. The zero-order valence-electron chi connectivity index (χ0n) is 8.63. The van der Waals surface area contributed by atoms with E-state index in [2.05, 4.69) is 17.0 Å². The summed E-state index contributed by atoms with van der Waals surface area (Å²) >= 11 is 0. The van der Waals surface area contributed by atoms with Gasteiger partial charge in [0.05, 0.1) is 20.3 Å². The molecule has 0 aliphatic rings. The van der Waals surface area contributed by atoms with Crippen LogP contribution in [0.4, 0.5) is 0 Å². The van der Waals surface area contributed by atoms with Gasteiger partial charge in [0.15, 0.2) is 0 Å². The van der Waals surface area contributed by atoms with Crippen LogP contribution in [0.3, 0.4) is 0 Å². The van der Waals surface area contributed by atoms with E-state index >= 15 is 0 Å². The van der Waals surface area contributed by atoms with Crippen LogP contribution in [0.5, 0.6) is 0 Å².